The first-order valence-electron chi connectivity index (χ1n) is 5.86. The average molecular weight is 281 g/mol. The molecule has 0 aliphatic heterocycles. The zero-order valence-electron chi connectivity index (χ0n) is 11.2. The van der Waals surface area contributed by atoms with Crippen LogP contribution in [0.4, 0.5) is 0 Å². The summed E-state index contributed by atoms with van der Waals surface area (Å²) in [6.45, 7) is 8.62. The minimum absolute atomic E-state index is 0.606. The Morgan fingerprint density at radius 2 is 0.889 bits per heavy atom. The second kappa shape index (κ2) is 6.82. The van der Waals surface area contributed by atoms with Crippen molar-refractivity contribution in [3.05, 3.63) is 68.7 Å². The van der Waals surface area contributed by atoms with Gasteiger partial charge < -0.3 is 0 Å². The van der Waals surface area contributed by atoms with Crippen molar-refractivity contribution in [3.63, 3.8) is 0 Å². The van der Waals surface area contributed by atoms with E-state index in [2.05, 4.69) is 39.8 Å². The molecule has 18 heavy (non-hydrogen) atoms. The molecule has 0 aromatic heterocycles. The van der Waals surface area contributed by atoms with E-state index in [1.54, 1.807) is 12.1 Å². The zero-order valence-corrected chi connectivity index (χ0v) is 12.7. The van der Waals surface area contributed by atoms with Crippen LogP contribution in [0.5, 0.6) is 0 Å². The first-order chi connectivity index (χ1) is 8.41. The summed E-state index contributed by atoms with van der Waals surface area (Å²) in [4.78, 5) is 0. The number of hydrogen-bond acceptors (Lipinski definition) is 0. The Hall–Kier alpha value is -0.980. The van der Waals surface area contributed by atoms with Crippen molar-refractivity contribution in [2.45, 2.75) is 27.7 Å². The van der Waals surface area contributed by atoms with Crippen molar-refractivity contribution in [3.8, 4) is 0 Å². The van der Waals surface area contributed by atoms with Crippen LogP contribution in [0.1, 0.15) is 22.3 Å². The van der Waals surface area contributed by atoms with Crippen LogP contribution in [0.3, 0.4) is 0 Å². The topological polar surface area (TPSA) is 0 Å². The molecule has 2 heteroatoms. The molecule has 2 aromatic rings. The molecule has 0 aliphatic carbocycles. The van der Waals surface area contributed by atoms with E-state index in [-0.39, 0.29) is 0 Å². The van der Waals surface area contributed by atoms with Crippen LogP contribution in [0, 0.1) is 27.7 Å². The highest BCUT2D eigenvalue weighted by molar-refractivity contribution is 6.41. The Labute approximate surface area is 120 Å². The van der Waals surface area contributed by atoms with Crippen molar-refractivity contribution >= 4 is 23.2 Å². The predicted octanol–water partition coefficient (Wildman–Crippen LogP) is 5.91. The average Bonchev–Trinajstić information content (AvgIpc) is 2.31. The Balaban J connectivity index is 0.000000184. The minimum Gasteiger partial charge on any atom is -0.0827 e. The second-order valence-corrected chi connectivity index (χ2v) is 5.25. The quantitative estimate of drug-likeness (QED) is 0.562. The van der Waals surface area contributed by atoms with Crippen molar-refractivity contribution in [1.29, 1.82) is 0 Å². The fourth-order valence-corrected chi connectivity index (χ4v) is 1.82. The van der Waals surface area contributed by atoms with E-state index in [1.165, 1.54) is 22.3 Å². The summed E-state index contributed by atoms with van der Waals surface area (Å²) in [5.74, 6) is 0. The Morgan fingerprint density at radius 1 is 0.611 bits per heavy atom. The minimum atomic E-state index is 0.606. The zero-order chi connectivity index (χ0) is 13.7. The molecule has 0 nitrogen and oxygen atoms in total. The highest BCUT2D eigenvalue weighted by Gasteiger charge is 1.95. The Morgan fingerprint density at radius 3 is 1.11 bits per heavy atom. The highest BCUT2D eigenvalue weighted by atomic mass is 35.5. The lowest BCUT2D eigenvalue weighted by molar-refractivity contribution is 1.24. The van der Waals surface area contributed by atoms with Gasteiger partial charge in [-0.15, -0.1) is 0 Å². The molecule has 96 valence electrons. The number of aryl methyl sites for hydroxylation is 4. The van der Waals surface area contributed by atoms with E-state index < -0.39 is 0 Å². The van der Waals surface area contributed by atoms with Gasteiger partial charge in [0.1, 0.15) is 0 Å². The lowest BCUT2D eigenvalue weighted by atomic mass is 10.0. The van der Waals surface area contributed by atoms with Crippen molar-refractivity contribution in [2.24, 2.45) is 0 Å². The molecule has 0 saturated heterocycles. The molecule has 0 N–H and O–H groups in total. The van der Waals surface area contributed by atoms with Crippen LogP contribution >= 0.6 is 23.2 Å². The van der Waals surface area contributed by atoms with Gasteiger partial charge in [-0.2, -0.15) is 0 Å². The van der Waals surface area contributed by atoms with E-state index in [9.17, 15) is 0 Å². The second-order valence-electron chi connectivity index (χ2n) is 4.43. The number of rotatable bonds is 0. The van der Waals surface area contributed by atoms with Gasteiger partial charge >= 0.3 is 0 Å². The van der Waals surface area contributed by atoms with Gasteiger partial charge in [-0.1, -0.05) is 47.5 Å². The summed E-state index contributed by atoms with van der Waals surface area (Å²) in [7, 11) is 0. The van der Waals surface area contributed by atoms with Crippen molar-refractivity contribution in [1.82, 2.24) is 0 Å². The van der Waals surface area contributed by atoms with Gasteiger partial charge in [0, 0.05) is 0 Å². The largest absolute Gasteiger partial charge is 0.0827 e. The smallest absolute Gasteiger partial charge is 0.0592 e. The molecule has 0 fully saturated rings. The lowest BCUT2D eigenvalue weighted by Crippen LogP contribution is -1.86. The van der Waals surface area contributed by atoms with E-state index in [1.807, 2.05) is 12.1 Å². The third-order valence-electron chi connectivity index (χ3n) is 2.93. The summed E-state index contributed by atoms with van der Waals surface area (Å²) in [5.41, 5.74) is 5.57. The van der Waals surface area contributed by atoms with Crippen molar-refractivity contribution < 1.29 is 0 Å². The standard InChI is InChI=1S/C10H14.C6H4Cl2/c1-7-5-9(3)10(4)6-8(7)2;7-5-3-1-2-4-6(5)8/h5-6H,1-4H3;1-4H. The summed E-state index contributed by atoms with van der Waals surface area (Å²) in [6, 6.07) is 11.7. The van der Waals surface area contributed by atoms with Gasteiger partial charge in [-0.25, -0.2) is 0 Å². The highest BCUT2D eigenvalue weighted by Crippen LogP contribution is 2.19. The lowest BCUT2D eigenvalue weighted by Gasteiger charge is -2.04. The molecule has 0 saturated carbocycles. The van der Waals surface area contributed by atoms with E-state index in [4.69, 9.17) is 23.2 Å². The summed E-state index contributed by atoms with van der Waals surface area (Å²) in [6.07, 6.45) is 0. The first-order valence-corrected chi connectivity index (χ1v) is 6.62. The molecule has 0 amide bonds. The molecule has 0 aliphatic rings. The van der Waals surface area contributed by atoms with Crippen molar-refractivity contribution in [2.75, 3.05) is 0 Å². The van der Waals surface area contributed by atoms with Crippen LogP contribution in [-0.4, -0.2) is 0 Å². The monoisotopic (exact) mass is 280 g/mol. The van der Waals surface area contributed by atoms with Gasteiger partial charge in [0.25, 0.3) is 0 Å². The van der Waals surface area contributed by atoms with E-state index >= 15 is 0 Å². The third kappa shape index (κ3) is 4.36. The molecule has 0 radical (unpaired) electrons. The predicted molar refractivity (Wildman–Crippen MR) is 81.9 cm³/mol. The van der Waals surface area contributed by atoms with Crippen LogP contribution in [0.15, 0.2) is 36.4 Å². The molecule has 0 spiro atoms. The molecule has 0 atom stereocenters. The molecule has 0 heterocycles. The molecule has 2 rings (SSSR count). The molecule has 2 aromatic carbocycles. The Bertz CT molecular complexity index is 459. The fourth-order valence-electron chi connectivity index (χ4n) is 1.54. The van der Waals surface area contributed by atoms with Crippen LogP contribution in [0.25, 0.3) is 0 Å². The molecular weight excluding hydrogens is 263 g/mol. The van der Waals surface area contributed by atoms with Crippen LogP contribution in [-0.2, 0) is 0 Å². The van der Waals surface area contributed by atoms with Gasteiger partial charge in [0.2, 0.25) is 0 Å². The number of halogens is 2. The van der Waals surface area contributed by atoms with E-state index in [0.717, 1.165) is 0 Å². The van der Waals surface area contributed by atoms with Gasteiger partial charge in [-0.3, -0.25) is 0 Å². The number of hydrogen-bond donors (Lipinski definition) is 0. The summed E-state index contributed by atoms with van der Waals surface area (Å²) < 4.78 is 0. The van der Waals surface area contributed by atoms with E-state index in [0.29, 0.717) is 10.0 Å². The SMILES string of the molecule is Cc1cc(C)c(C)cc1C.Clc1ccccc1Cl. The molecule has 0 unspecified atom stereocenters. The maximum Gasteiger partial charge on any atom is 0.0592 e. The normalized spacial score (nSPS) is 9.67. The van der Waals surface area contributed by atoms with Gasteiger partial charge in [0.15, 0.2) is 0 Å². The van der Waals surface area contributed by atoms with Gasteiger partial charge in [-0.05, 0) is 62.1 Å². The van der Waals surface area contributed by atoms with Crippen LogP contribution in [0.2, 0.25) is 10.0 Å². The summed E-state index contributed by atoms with van der Waals surface area (Å²) in [5, 5.41) is 1.21. The van der Waals surface area contributed by atoms with Crippen LogP contribution < -0.4 is 0 Å². The molecular formula is C16H18Cl2. The maximum absolute atomic E-state index is 5.58. The maximum atomic E-state index is 5.58. The van der Waals surface area contributed by atoms with Gasteiger partial charge in [0.05, 0.1) is 10.0 Å². The molecule has 0 bridgehead atoms. The third-order valence-corrected chi connectivity index (χ3v) is 3.69. The Kier molecular flexibility index (Phi) is 5.71. The number of benzene rings is 2. The first kappa shape index (κ1) is 15.1. The fraction of sp³-hybridized carbons (Fsp3) is 0.250. The summed E-state index contributed by atoms with van der Waals surface area (Å²) >= 11 is 11.2.